The fourth-order valence-electron chi connectivity index (χ4n) is 3.21. The number of unbranched alkanes of at least 4 members (excludes halogenated alkanes) is 2. The van der Waals surface area contributed by atoms with Crippen molar-refractivity contribution >= 4 is 22.7 Å². The van der Waals surface area contributed by atoms with Gasteiger partial charge in [-0.15, -0.1) is 0 Å². The summed E-state index contributed by atoms with van der Waals surface area (Å²) in [5.74, 6) is -1.56. The molecule has 9 nitrogen and oxygen atoms in total. The van der Waals surface area contributed by atoms with Crippen molar-refractivity contribution in [2.75, 3.05) is 13.2 Å². The Labute approximate surface area is 186 Å². The number of hydrogen-bond acceptors (Lipinski definition) is 6. The Morgan fingerprint density at radius 1 is 1.31 bits per heavy atom. The standard InChI is InChI=1S/C22H30FN5O4/c1-22(2,3)19(21(32)25-12-15(30)13-29)26-20(31)18-16-8-7-14(23)11-17(16)28(27-18)10-6-4-5-9-24/h7-8,11,15,19,29-30H,4-6,10,12-13H2,1-3H3,(H,25,32)(H,26,31)/t15-,19+/m0/s1. The predicted molar refractivity (Wildman–Crippen MR) is 116 cm³/mol. The number of benzene rings is 1. The van der Waals surface area contributed by atoms with E-state index in [0.29, 0.717) is 36.7 Å². The summed E-state index contributed by atoms with van der Waals surface area (Å²) < 4.78 is 15.4. The molecule has 1 aromatic heterocycles. The number of carbonyl (C=O) groups is 2. The average molecular weight is 448 g/mol. The van der Waals surface area contributed by atoms with Crippen LogP contribution in [0.1, 0.15) is 50.5 Å². The second-order valence-electron chi connectivity index (χ2n) is 8.70. The molecule has 2 rings (SSSR count). The zero-order valence-electron chi connectivity index (χ0n) is 18.6. The number of aliphatic hydroxyl groups excluding tert-OH is 2. The summed E-state index contributed by atoms with van der Waals surface area (Å²) in [5.41, 5.74) is -0.140. The van der Waals surface area contributed by atoms with Gasteiger partial charge in [-0.25, -0.2) is 4.39 Å². The minimum absolute atomic E-state index is 0.0673. The highest BCUT2D eigenvalue weighted by Crippen LogP contribution is 2.23. The molecule has 0 saturated carbocycles. The van der Waals surface area contributed by atoms with Crippen molar-refractivity contribution in [1.82, 2.24) is 20.4 Å². The van der Waals surface area contributed by atoms with Gasteiger partial charge in [-0.1, -0.05) is 20.8 Å². The molecule has 2 amide bonds. The monoisotopic (exact) mass is 447 g/mol. The van der Waals surface area contributed by atoms with Crippen molar-refractivity contribution in [2.24, 2.45) is 5.41 Å². The lowest BCUT2D eigenvalue weighted by Crippen LogP contribution is -2.54. The van der Waals surface area contributed by atoms with E-state index in [1.54, 1.807) is 20.8 Å². The smallest absolute Gasteiger partial charge is 0.273 e. The maximum absolute atomic E-state index is 13.8. The van der Waals surface area contributed by atoms with Gasteiger partial charge in [0, 0.05) is 24.9 Å². The number of aromatic nitrogens is 2. The summed E-state index contributed by atoms with van der Waals surface area (Å²) in [6.07, 6.45) is 0.586. The van der Waals surface area contributed by atoms with Gasteiger partial charge in [-0.3, -0.25) is 14.3 Å². The second-order valence-corrected chi connectivity index (χ2v) is 8.70. The summed E-state index contributed by atoms with van der Waals surface area (Å²) in [5, 5.41) is 37.1. The molecule has 0 bridgehead atoms. The van der Waals surface area contributed by atoms with E-state index in [1.165, 1.54) is 22.9 Å². The van der Waals surface area contributed by atoms with E-state index in [9.17, 15) is 19.1 Å². The Hall–Kier alpha value is -3.03. The normalized spacial score (nSPS) is 13.4. The third kappa shape index (κ3) is 6.48. The van der Waals surface area contributed by atoms with Gasteiger partial charge in [-0.2, -0.15) is 10.4 Å². The molecule has 32 heavy (non-hydrogen) atoms. The van der Waals surface area contributed by atoms with Gasteiger partial charge in [0.25, 0.3) is 5.91 Å². The van der Waals surface area contributed by atoms with Crippen LogP contribution in [0, 0.1) is 22.6 Å². The van der Waals surface area contributed by atoms with Crippen molar-refractivity contribution < 1.29 is 24.2 Å². The highest BCUT2D eigenvalue weighted by Gasteiger charge is 2.34. The van der Waals surface area contributed by atoms with E-state index in [1.807, 2.05) is 0 Å². The highest BCUT2D eigenvalue weighted by molar-refractivity contribution is 6.06. The van der Waals surface area contributed by atoms with Crippen LogP contribution in [0.5, 0.6) is 0 Å². The lowest BCUT2D eigenvalue weighted by atomic mass is 9.86. The third-order valence-corrected chi connectivity index (χ3v) is 4.96. The maximum Gasteiger partial charge on any atom is 0.273 e. The van der Waals surface area contributed by atoms with E-state index in [2.05, 4.69) is 21.8 Å². The van der Waals surface area contributed by atoms with Crippen LogP contribution >= 0.6 is 0 Å². The molecule has 0 aliphatic heterocycles. The first-order valence-electron chi connectivity index (χ1n) is 10.5. The molecule has 1 aromatic carbocycles. The number of nitrogens with zero attached hydrogens (tertiary/aromatic N) is 3. The van der Waals surface area contributed by atoms with Gasteiger partial charge in [0.15, 0.2) is 5.69 Å². The summed E-state index contributed by atoms with van der Waals surface area (Å²) >= 11 is 0. The zero-order valence-corrected chi connectivity index (χ0v) is 18.6. The number of fused-ring (bicyclic) bond motifs is 1. The lowest BCUT2D eigenvalue weighted by Gasteiger charge is -2.30. The molecule has 2 aromatic rings. The first kappa shape index (κ1) is 25.2. The molecular formula is C22H30FN5O4. The fourth-order valence-corrected chi connectivity index (χ4v) is 3.21. The average Bonchev–Trinajstić information content (AvgIpc) is 3.09. The molecule has 0 spiro atoms. The number of hydrogen-bond donors (Lipinski definition) is 4. The molecule has 2 atom stereocenters. The Balaban J connectivity index is 2.28. The van der Waals surface area contributed by atoms with Crippen LogP contribution in [0.2, 0.25) is 0 Å². The van der Waals surface area contributed by atoms with Crippen LogP contribution in [0.15, 0.2) is 18.2 Å². The van der Waals surface area contributed by atoms with Crippen molar-refractivity contribution in [2.45, 2.75) is 58.7 Å². The number of aryl methyl sites for hydroxylation is 1. The number of rotatable bonds is 10. The number of nitriles is 1. The maximum atomic E-state index is 13.8. The van der Waals surface area contributed by atoms with Crippen LogP contribution in [0.3, 0.4) is 0 Å². The van der Waals surface area contributed by atoms with Gasteiger partial charge in [0.1, 0.15) is 11.9 Å². The summed E-state index contributed by atoms with van der Waals surface area (Å²) in [6, 6.07) is 5.14. The minimum atomic E-state index is -1.11. The molecule has 0 fully saturated rings. The van der Waals surface area contributed by atoms with E-state index in [-0.39, 0.29) is 12.2 Å². The molecule has 174 valence electrons. The molecule has 0 radical (unpaired) electrons. The summed E-state index contributed by atoms with van der Waals surface area (Å²) in [7, 11) is 0. The van der Waals surface area contributed by atoms with Gasteiger partial charge in [0.05, 0.1) is 24.3 Å². The Morgan fingerprint density at radius 3 is 2.66 bits per heavy atom. The first-order chi connectivity index (χ1) is 15.1. The van der Waals surface area contributed by atoms with Crippen molar-refractivity contribution in [3.63, 3.8) is 0 Å². The Bertz CT molecular complexity index is 993. The van der Waals surface area contributed by atoms with Crippen molar-refractivity contribution in [3.05, 3.63) is 29.7 Å². The summed E-state index contributed by atoms with van der Waals surface area (Å²) in [6.45, 7) is 5.10. The topological polar surface area (TPSA) is 140 Å². The van der Waals surface area contributed by atoms with E-state index in [0.717, 1.165) is 0 Å². The quantitative estimate of drug-likeness (QED) is 0.407. The van der Waals surface area contributed by atoms with Crippen LogP contribution in [0.25, 0.3) is 10.9 Å². The van der Waals surface area contributed by atoms with E-state index in [4.69, 9.17) is 10.4 Å². The van der Waals surface area contributed by atoms with Crippen molar-refractivity contribution in [1.29, 1.82) is 5.26 Å². The fraction of sp³-hybridized carbons (Fsp3) is 0.545. The van der Waals surface area contributed by atoms with Crippen LogP contribution in [-0.2, 0) is 11.3 Å². The molecule has 4 N–H and O–H groups in total. The van der Waals surface area contributed by atoms with Crippen LogP contribution < -0.4 is 10.6 Å². The van der Waals surface area contributed by atoms with Gasteiger partial charge >= 0.3 is 0 Å². The van der Waals surface area contributed by atoms with Gasteiger partial charge in [-0.05, 0) is 36.5 Å². The van der Waals surface area contributed by atoms with Gasteiger partial charge in [0.2, 0.25) is 5.91 Å². The number of aliphatic hydroxyl groups is 2. The molecule has 0 aliphatic rings. The third-order valence-electron chi connectivity index (χ3n) is 4.96. The first-order valence-corrected chi connectivity index (χ1v) is 10.5. The van der Waals surface area contributed by atoms with Gasteiger partial charge < -0.3 is 20.8 Å². The van der Waals surface area contributed by atoms with Crippen molar-refractivity contribution in [3.8, 4) is 6.07 Å². The number of amides is 2. The summed E-state index contributed by atoms with van der Waals surface area (Å²) in [4.78, 5) is 25.8. The number of nitrogens with one attached hydrogen (secondary N) is 2. The van der Waals surface area contributed by atoms with E-state index < -0.39 is 41.8 Å². The molecule has 0 saturated heterocycles. The second kappa shape index (κ2) is 11.0. The Morgan fingerprint density at radius 2 is 2.03 bits per heavy atom. The van der Waals surface area contributed by atoms with Crippen LogP contribution in [0.4, 0.5) is 4.39 Å². The number of halogens is 1. The minimum Gasteiger partial charge on any atom is -0.394 e. The molecular weight excluding hydrogens is 417 g/mol. The SMILES string of the molecule is CC(C)(C)[C@H](NC(=O)c1nn(CCCCC#N)c2cc(F)ccc12)C(=O)NC[C@H](O)CO. The molecule has 10 heteroatoms. The Kier molecular flexibility index (Phi) is 8.69. The lowest BCUT2D eigenvalue weighted by molar-refractivity contribution is -0.125. The highest BCUT2D eigenvalue weighted by atomic mass is 19.1. The molecule has 1 heterocycles. The molecule has 0 unspecified atom stereocenters. The number of carbonyl (C=O) groups excluding carboxylic acids is 2. The molecule has 0 aliphatic carbocycles. The van der Waals surface area contributed by atoms with Crippen LogP contribution in [-0.4, -0.2) is 57.1 Å². The zero-order chi connectivity index (χ0) is 23.9. The predicted octanol–water partition coefficient (Wildman–Crippen LogP) is 1.48. The largest absolute Gasteiger partial charge is 0.394 e. The van der Waals surface area contributed by atoms with E-state index >= 15 is 0 Å².